The van der Waals surface area contributed by atoms with E-state index in [0.717, 1.165) is 24.9 Å². The maximum Gasteiger partial charge on any atom is 0.150 e. The first-order valence-corrected chi connectivity index (χ1v) is 5.04. The first-order valence-electron chi connectivity index (χ1n) is 5.04. The number of likely N-dealkylation sites (tertiary alicyclic amines) is 1. The highest BCUT2D eigenvalue weighted by Gasteiger charge is 2.22. The standard InChI is InChI=1S/C12H15NO/c1-13-7-6-10(8-13)12-5-3-2-4-11(12)9-14/h2-5,9-10H,6-8H2,1H3. The van der Waals surface area contributed by atoms with Crippen LogP contribution in [-0.4, -0.2) is 31.3 Å². The number of aldehydes is 1. The van der Waals surface area contributed by atoms with E-state index in [1.54, 1.807) is 0 Å². The van der Waals surface area contributed by atoms with Crippen molar-refractivity contribution in [3.63, 3.8) is 0 Å². The van der Waals surface area contributed by atoms with Crippen molar-refractivity contribution in [1.82, 2.24) is 4.90 Å². The maximum absolute atomic E-state index is 10.9. The fourth-order valence-electron chi connectivity index (χ4n) is 2.18. The molecule has 0 amide bonds. The normalized spacial score (nSPS) is 22.5. The average Bonchev–Trinajstić information content (AvgIpc) is 2.65. The Morgan fingerprint density at radius 1 is 1.43 bits per heavy atom. The van der Waals surface area contributed by atoms with Crippen LogP contribution in [-0.2, 0) is 0 Å². The summed E-state index contributed by atoms with van der Waals surface area (Å²) in [7, 11) is 2.13. The monoisotopic (exact) mass is 189 g/mol. The molecule has 2 nitrogen and oxygen atoms in total. The Morgan fingerprint density at radius 3 is 2.86 bits per heavy atom. The molecule has 1 atom stereocenters. The van der Waals surface area contributed by atoms with Gasteiger partial charge in [-0.15, -0.1) is 0 Å². The van der Waals surface area contributed by atoms with Crippen molar-refractivity contribution in [2.24, 2.45) is 0 Å². The summed E-state index contributed by atoms with van der Waals surface area (Å²) in [4.78, 5) is 13.2. The number of carbonyl (C=O) groups is 1. The third-order valence-electron chi connectivity index (χ3n) is 2.95. The Bertz CT molecular complexity index is 335. The Labute approximate surface area is 84.5 Å². The van der Waals surface area contributed by atoms with Crippen LogP contribution in [0.25, 0.3) is 0 Å². The number of carbonyl (C=O) groups excluding carboxylic acids is 1. The van der Waals surface area contributed by atoms with Crippen LogP contribution >= 0.6 is 0 Å². The van der Waals surface area contributed by atoms with Crippen molar-refractivity contribution in [2.45, 2.75) is 12.3 Å². The van der Waals surface area contributed by atoms with Gasteiger partial charge in [0.2, 0.25) is 0 Å². The first kappa shape index (κ1) is 9.41. The van der Waals surface area contributed by atoms with Gasteiger partial charge in [0.15, 0.2) is 0 Å². The zero-order chi connectivity index (χ0) is 9.97. The number of rotatable bonds is 2. The van der Waals surface area contributed by atoms with Gasteiger partial charge in [-0.25, -0.2) is 0 Å². The summed E-state index contributed by atoms with van der Waals surface area (Å²) in [5, 5.41) is 0. The fraction of sp³-hybridized carbons (Fsp3) is 0.417. The number of hydrogen-bond donors (Lipinski definition) is 0. The molecule has 2 heteroatoms. The van der Waals surface area contributed by atoms with Crippen molar-refractivity contribution in [3.8, 4) is 0 Å². The summed E-state index contributed by atoms with van der Waals surface area (Å²) in [5.41, 5.74) is 2.07. The highest BCUT2D eigenvalue weighted by molar-refractivity contribution is 5.77. The summed E-state index contributed by atoms with van der Waals surface area (Å²) in [6.45, 7) is 2.21. The second-order valence-electron chi connectivity index (χ2n) is 3.99. The van der Waals surface area contributed by atoms with Gasteiger partial charge in [0, 0.05) is 12.1 Å². The van der Waals surface area contributed by atoms with Crippen LogP contribution in [0, 0.1) is 0 Å². The largest absolute Gasteiger partial charge is 0.306 e. The molecule has 1 unspecified atom stereocenters. The number of hydrogen-bond acceptors (Lipinski definition) is 2. The predicted octanol–water partition coefficient (Wildman–Crippen LogP) is 1.92. The van der Waals surface area contributed by atoms with Gasteiger partial charge in [0.25, 0.3) is 0 Å². The van der Waals surface area contributed by atoms with Crippen molar-refractivity contribution in [1.29, 1.82) is 0 Å². The quantitative estimate of drug-likeness (QED) is 0.662. The van der Waals surface area contributed by atoms with Crippen LogP contribution in [0.15, 0.2) is 24.3 Å². The SMILES string of the molecule is CN1CCC(c2ccccc2C=O)C1. The molecule has 1 heterocycles. The van der Waals surface area contributed by atoms with E-state index >= 15 is 0 Å². The van der Waals surface area contributed by atoms with E-state index in [1.807, 2.05) is 18.2 Å². The lowest BCUT2D eigenvalue weighted by Gasteiger charge is -2.12. The molecule has 1 saturated heterocycles. The summed E-state index contributed by atoms with van der Waals surface area (Å²) < 4.78 is 0. The zero-order valence-corrected chi connectivity index (χ0v) is 8.44. The van der Waals surface area contributed by atoms with Crippen molar-refractivity contribution < 1.29 is 4.79 Å². The minimum absolute atomic E-state index is 0.543. The van der Waals surface area contributed by atoms with Gasteiger partial charge >= 0.3 is 0 Å². The zero-order valence-electron chi connectivity index (χ0n) is 8.44. The van der Waals surface area contributed by atoms with Crippen molar-refractivity contribution in [2.75, 3.05) is 20.1 Å². The van der Waals surface area contributed by atoms with E-state index in [2.05, 4.69) is 18.0 Å². The molecule has 0 aliphatic carbocycles. The van der Waals surface area contributed by atoms with Crippen LogP contribution in [0.1, 0.15) is 28.3 Å². The van der Waals surface area contributed by atoms with E-state index in [-0.39, 0.29) is 0 Å². The summed E-state index contributed by atoms with van der Waals surface area (Å²) in [6.07, 6.45) is 2.13. The highest BCUT2D eigenvalue weighted by Crippen LogP contribution is 2.27. The predicted molar refractivity (Wildman–Crippen MR) is 56.7 cm³/mol. The second kappa shape index (κ2) is 3.93. The molecule has 1 aliphatic rings. The smallest absolute Gasteiger partial charge is 0.150 e. The van der Waals surface area contributed by atoms with Gasteiger partial charge in [-0.1, -0.05) is 24.3 Å². The molecule has 74 valence electrons. The minimum Gasteiger partial charge on any atom is -0.306 e. The summed E-state index contributed by atoms with van der Waals surface area (Å²) >= 11 is 0. The molecular weight excluding hydrogens is 174 g/mol. The van der Waals surface area contributed by atoms with E-state index in [4.69, 9.17) is 0 Å². The highest BCUT2D eigenvalue weighted by atomic mass is 16.1. The Balaban J connectivity index is 2.27. The first-order chi connectivity index (χ1) is 6.81. The van der Waals surface area contributed by atoms with E-state index in [0.29, 0.717) is 5.92 Å². The lowest BCUT2D eigenvalue weighted by Crippen LogP contribution is -2.13. The van der Waals surface area contributed by atoms with Crippen LogP contribution < -0.4 is 0 Å². The fourth-order valence-corrected chi connectivity index (χ4v) is 2.18. The molecule has 0 aromatic heterocycles. The molecule has 0 saturated carbocycles. The van der Waals surface area contributed by atoms with E-state index in [1.165, 1.54) is 12.0 Å². The van der Waals surface area contributed by atoms with Gasteiger partial charge in [0.1, 0.15) is 6.29 Å². The van der Waals surface area contributed by atoms with E-state index < -0.39 is 0 Å². The molecule has 1 fully saturated rings. The second-order valence-corrected chi connectivity index (χ2v) is 3.99. The average molecular weight is 189 g/mol. The van der Waals surface area contributed by atoms with Gasteiger partial charge in [-0.3, -0.25) is 4.79 Å². The lowest BCUT2D eigenvalue weighted by molar-refractivity contribution is 0.112. The third-order valence-corrected chi connectivity index (χ3v) is 2.95. The summed E-state index contributed by atoms with van der Waals surface area (Å²) in [5.74, 6) is 0.543. The van der Waals surface area contributed by atoms with Crippen LogP contribution in [0.5, 0.6) is 0 Å². The molecule has 0 radical (unpaired) electrons. The molecule has 1 aliphatic heterocycles. The van der Waals surface area contributed by atoms with Crippen molar-refractivity contribution >= 4 is 6.29 Å². The Kier molecular flexibility index (Phi) is 2.64. The third kappa shape index (κ3) is 1.70. The molecule has 1 aromatic rings. The Hall–Kier alpha value is -1.15. The number of nitrogens with zero attached hydrogens (tertiary/aromatic N) is 1. The van der Waals surface area contributed by atoms with Gasteiger partial charge in [-0.05, 0) is 31.5 Å². The Morgan fingerprint density at radius 2 is 2.21 bits per heavy atom. The van der Waals surface area contributed by atoms with Gasteiger partial charge < -0.3 is 4.90 Å². The number of benzene rings is 1. The lowest BCUT2D eigenvalue weighted by atomic mass is 9.94. The molecule has 0 spiro atoms. The summed E-state index contributed by atoms with van der Waals surface area (Å²) in [6, 6.07) is 7.92. The minimum atomic E-state index is 0.543. The van der Waals surface area contributed by atoms with Crippen LogP contribution in [0.4, 0.5) is 0 Å². The van der Waals surface area contributed by atoms with Crippen LogP contribution in [0.2, 0.25) is 0 Å². The van der Waals surface area contributed by atoms with E-state index in [9.17, 15) is 4.79 Å². The topological polar surface area (TPSA) is 20.3 Å². The molecule has 1 aromatic carbocycles. The molecule has 14 heavy (non-hydrogen) atoms. The van der Waals surface area contributed by atoms with Gasteiger partial charge in [0.05, 0.1) is 0 Å². The molecule has 0 N–H and O–H groups in total. The van der Waals surface area contributed by atoms with Crippen molar-refractivity contribution in [3.05, 3.63) is 35.4 Å². The maximum atomic E-state index is 10.9. The van der Waals surface area contributed by atoms with Crippen LogP contribution in [0.3, 0.4) is 0 Å². The molecule has 2 rings (SSSR count). The van der Waals surface area contributed by atoms with Gasteiger partial charge in [-0.2, -0.15) is 0 Å². The number of likely N-dealkylation sites (N-methyl/N-ethyl adjacent to an activating group) is 1. The molecular formula is C12H15NO. The molecule has 0 bridgehead atoms.